The molecule has 1 atom stereocenters. The Morgan fingerprint density at radius 2 is 1.89 bits per heavy atom. The summed E-state index contributed by atoms with van der Waals surface area (Å²) in [5, 5.41) is 3.36. The molecule has 3 nitrogen and oxygen atoms in total. The summed E-state index contributed by atoms with van der Waals surface area (Å²) in [6, 6.07) is 11.9. The Bertz CT molecular complexity index is 517. The van der Waals surface area contributed by atoms with E-state index in [0.717, 1.165) is 17.8 Å². The molecule has 0 radical (unpaired) electrons. The zero-order valence-corrected chi connectivity index (χ0v) is 12.1. The predicted octanol–water partition coefficient (Wildman–Crippen LogP) is 2.61. The number of nitrogens with zero attached hydrogens (tertiary/aromatic N) is 2. The third-order valence-electron chi connectivity index (χ3n) is 2.68. The van der Waals surface area contributed by atoms with E-state index >= 15 is 0 Å². The highest BCUT2D eigenvalue weighted by Gasteiger charge is 2.13. The molecule has 1 N–H and O–H groups in total. The van der Waals surface area contributed by atoms with Gasteiger partial charge in [-0.05, 0) is 24.3 Å². The first-order chi connectivity index (χ1) is 9.25. The zero-order valence-electron chi connectivity index (χ0n) is 10.4. The second kappa shape index (κ2) is 7.33. The van der Waals surface area contributed by atoms with Crippen molar-refractivity contribution in [3.8, 4) is 0 Å². The van der Waals surface area contributed by atoms with Crippen LogP contribution in [0.3, 0.4) is 0 Å². The average molecular weight is 289 g/mol. The highest BCUT2D eigenvalue weighted by molar-refractivity contribution is 8.11. The van der Waals surface area contributed by atoms with Crippen LogP contribution in [0.1, 0.15) is 17.4 Å². The molecule has 98 valence electrons. The van der Waals surface area contributed by atoms with Crippen molar-refractivity contribution in [1.82, 2.24) is 15.3 Å². The standard InChI is InChI=1S/C14H15N3S2/c18-14(19)10-17-13(12-6-2-4-8-16-12)9-11-5-1-3-7-15-11/h1-8,13,17H,9-10H2,(H,18,19). The van der Waals surface area contributed by atoms with Crippen LogP contribution >= 0.6 is 24.8 Å². The molecule has 0 saturated heterocycles. The Labute approximate surface area is 123 Å². The van der Waals surface area contributed by atoms with E-state index in [2.05, 4.69) is 27.9 Å². The van der Waals surface area contributed by atoms with E-state index in [1.165, 1.54) is 0 Å². The molecule has 0 aliphatic heterocycles. The SMILES string of the molecule is S=C(S)CNC(Cc1ccccn1)c1ccccn1. The number of nitrogens with one attached hydrogen (secondary N) is 1. The summed E-state index contributed by atoms with van der Waals surface area (Å²) >= 11 is 9.14. The first kappa shape index (κ1) is 14.1. The quantitative estimate of drug-likeness (QED) is 0.633. The van der Waals surface area contributed by atoms with Gasteiger partial charge < -0.3 is 5.32 Å². The van der Waals surface area contributed by atoms with Gasteiger partial charge in [-0.2, -0.15) is 0 Å². The van der Waals surface area contributed by atoms with Gasteiger partial charge in [-0.1, -0.05) is 24.4 Å². The molecule has 19 heavy (non-hydrogen) atoms. The smallest absolute Gasteiger partial charge is 0.0586 e. The zero-order chi connectivity index (χ0) is 13.5. The number of hydrogen-bond donors (Lipinski definition) is 2. The van der Waals surface area contributed by atoms with Crippen molar-refractivity contribution in [3.63, 3.8) is 0 Å². The average Bonchev–Trinajstić information content (AvgIpc) is 2.45. The van der Waals surface area contributed by atoms with Crippen molar-refractivity contribution >= 4 is 29.0 Å². The minimum atomic E-state index is 0.0844. The molecule has 2 aromatic rings. The molecule has 0 amide bonds. The summed E-state index contributed by atoms with van der Waals surface area (Å²) in [6.45, 7) is 0.576. The third-order valence-corrected chi connectivity index (χ3v) is 2.99. The Morgan fingerprint density at radius 1 is 1.16 bits per heavy atom. The molecular formula is C14H15N3S2. The fourth-order valence-electron chi connectivity index (χ4n) is 1.80. The lowest BCUT2D eigenvalue weighted by Crippen LogP contribution is -2.27. The Morgan fingerprint density at radius 3 is 2.47 bits per heavy atom. The van der Waals surface area contributed by atoms with Crippen LogP contribution in [0.25, 0.3) is 0 Å². The molecule has 0 bridgehead atoms. The van der Waals surface area contributed by atoms with Gasteiger partial charge in [0.15, 0.2) is 0 Å². The van der Waals surface area contributed by atoms with Gasteiger partial charge in [-0.15, -0.1) is 12.6 Å². The molecule has 1 unspecified atom stereocenters. The minimum Gasteiger partial charge on any atom is -0.303 e. The lowest BCUT2D eigenvalue weighted by Gasteiger charge is -2.17. The number of thiocarbonyl (C=S) groups is 1. The third kappa shape index (κ3) is 4.70. The molecule has 2 heterocycles. The van der Waals surface area contributed by atoms with Crippen molar-refractivity contribution < 1.29 is 0 Å². The van der Waals surface area contributed by atoms with E-state index in [1.807, 2.05) is 36.4 Å². The molecule has 0 aromatic carbocycles. The second-order valence-electron chi connectivity index (χ2n) is 4.11. The maximum absolute atomic E-state index is 4.99. The van der Waals surface area contributed by atoms with Crippen LogP contribution in [0.4, 0.5) is 0 Å². The molecule has 0 aliphatic carbocycles. The van der Waals surface area contributed by atoms with Crippen LogP contribution in [0.15, 0.2) is 48.8 Å². The summed E-state index contributed by atoms with van der Waals surface area (Å²) in [5.41, 5.74) is 2.01. The van der Waals surface area contributed by atoms with E-state index in [0.29, 0.717) is 10.7 Å². The molecule has 5 heteroatoms. The highest BCUT2D eigenvalue weighted by Crippen LogP contribution is 2.15. The monoisotopic (exact) mass is 289 g/mol. The number of thiol groups is 1. The lowest BCUT2D eigenvalue weighted by atomic mass is 10.1. The van der Waals surface area contributed by atoms with Gasteiger partial charge in [-0.3, -0.25) is 9.97 Å². The van der Waals surface area contributed by atoms with Crippen LogP contribution in [-0.4, -0.2) is 20.7 Å². The van der Waals surface area contributed by atoms with E-state index in [-0.39, 0.29) is 6.04 Å². The summed E-state index contributed by atoms with van der Waals surface area (Å²) in [5.74, 6) is 0. The first-order valence-electron chi connectivity index (χ1n) is 6.01. The van der Waals surface area contributed by atoms with Crippen molar-refractivity contribution in [1.29, 1.82) is 0 Å². The number of rotatable bonds is 6. The van der Waals surface area contributed by atoms with Gasteiger partial charge in [0.1, 0.15) is 0 Å². The van der Waals surface area contributed by atoms with Crippen LogP contribution in [0, 0.1) is 0 Å². The number of aromatic nitrogens is 2. The van der Waals surface area contributed by atoms with Crippen molar-refractivity contribution in [2.75, 3.05) is 6.54 Å². The second-order valence-corrected chi connectivity index (χ2v) is 5.44. The molecule has 0 aliphatic rings. The molecular weight excluding hydrogens is 274 g/mol. The summed E-state index contributed by atoms with van der Waals surface area (Å²) in [6.07, 6.45) is 4.36. The van der Waals surface area contributed by atoms with Gasteiger partial charge in [0.05, 0.1) is 15.9 Å². The van der Waals surface area contributed by atoms with Gasteiger partial charge in [-0.25, -0.2) is 0 Å². The van der Waals surface area contributed by atoms with E-state index in [1.54, 1.807) is 12.4 Å². The van der Waals surface area contributed by atoms with Crippen LogP contribution in [0.2, 0.25) is 0 Å². The Hall–Kier alpha value is -1.30. The Kier molecular flexibility index (Phi) is 5.44. The highest BCUT2D eigenvalue weighted by atomic mass is 32.1. The largest absolute Gasteiger partial charge is 0.303 e. The van der Waals surface area contributed by atoms with Gasteiger partial charge in [0.25, 0.3) is 0 Å². The fourth-order valence-corrected chi connectivity index (χ4v) is 1.98. The minimum absolute atomic E-state index is 0.0844. The van der Waals surface area contributed by atoms with Crippen LogP contribution < -0.4 is 5.32 Å². The number of pyridine rings is 2. The van der Waals surface area contributed by atoms with Crippen LogP contribution in [-0.2, 0) is 6.42 Å². The maximum Gasteiger partial charge on any atom is 0.0586 e. The number of hydrogen-bond acceptors (Lipinski definition) is 4. The normalized spacial score (nSPS) is 12.1. The molecule has 2 aromatic heterocycles. The van der Waals surface area contributed by atoms with E-state index in [4.69, 9.17) is 12.2 Å². The molecule has 0 fully saturated rings. The fraction of sp³-hybridized carbons (Fsp3) is 0.214. The summed E-state index contributed by atoms with van der Waals surface area (Å²) in [7, 11) is 0. The maximum atomic E-state index is 4.99. The van der Waals surface area contributed by atoms with Gasteiger partial charge in [0, 0.05) is 31.1 Å². The summed E-state index contributed by atoms with van der Waals surface area (Å²) in [4.78, 5) is 8.75. The predicted molar refractivity (Wildman–Crippen MR) is 84.5 cm³/mol. The first-order valence-corrected chi connectivity index (χ1v) is 6.87. The Balaban J connectivity index is 2.12. The van der Waals surface area contributed by atoms with Gasteiger partial charge >= 0.3 is 0 Å². The van der Waals surface area contributed by atoms with Gasteiger partial charge in [0.2, 0.25) is 0 Å². The topological polar surface area (TPSA) is 37.8 Å². The lowest BCUT2D eigenvalue weighted by molar-refractivity contribution is 0.554. The van der Waals surface area contributed by atoms with Crippen molar-refractivity contribution in [2.45, 2.75) is 12.5 Å². The van der Waals surface area contributed by atoms with Crippen molar-refractivity contribution in [2.24, 2.45) is 0 Å². The molecule has 2 rings (SSSR count). The molecule has 0 saturated carbocycles. The van der Waals surface area contributed by atoms with E-state index < -0.39 is 0 Å². The molecule has 0 spiro atoms. The van der Waals surface area contributed by atoms with Crippen LogP contribution in [0.5, 0.6) is 0 Å². The van der Waals surface area contributed by atoms with E-state index in [9.17, 15) is 0 Å². The van der Waals surface area contributed by atoms with Crippen molar-refractivity contribution in [3.05, 3.63) is 60.2 Å². The summed E-state index contributed by atoms with van der Waals surface area (Å²) < 4.78 is 0.641.